The Morgan fingerprint density at radius 1 is 0.903 bits per heavy atom. The highest BCUT2D eigenvalue weighted by molar-refractivity contribution is 5.94. The van der Waals surface area contributed by atoms with Crippen LogP contribution in [0.1, 0.15) is 34.3 Å². The van der Waals surface area contributed by atoms with E-state index >= 15 is 0 Å². The molecule has 0 unspecified atom stereocenters. The molecule has 0 aromatic heterocycles. The molecule has 3 aromatic rings. The van der Waals surface area contributed by atoms with Gasteiger partial charge in [0.1, 0.15) is 6.04 Å². The molecule has 1 atom stereocenters. The second-order valence-electron chi connectivity index (χ2n) is 7.71. The van der Waals surface area contributed by atoms with Crippen LogP contribution >= 0.6 is 0 Å². The molecule has 3 rings (SSSR count). The predicted octanol–water partition coefficient (Wildman–Crippen LogP) is 4.36. The number of nitrogens with two attached hydrogens (primary N) is 1. The first kappa shape index (κ1) is 22.2. The number of nitrogens with zero attached hydrogens (tertiary/aromatic N) is 1. The molecule has 0 fully saturated rings. The molecule has 0 radical (unpaired) electrons. The van der Waals surface area contributed by atoms with Crippen LogP contribution in [-0.4, -0.2) is 35.0 Å². The van der Waals surface area contributed by atoms with Crippen LogP contribution in [0.15, 0.2) is 78.9 Å². The van der Waals surface area contributed by atoms with E-state index in [4.69, 9.17) is 10.8 Å². The fourth-order valence-corrected chi connectivity index (χ4v) is 3.59. The molecule has 0 aliphatic rings. The lowest BCUT2D eigenvalue weighted by Crippen LogP contribution is -2.30. The van der Waals surface area contributed by atoms with Gasteiger partial charge in [-0.3, -0.25) is 9.59 Å². The lowest BCUT2D eigenvalue weighted by molar-refractivity contribution is -0.138. The van der Waals surface area contributed by atoms with Crippen molar-refractivity contribution in [2.75, 3.05) is 7.05 Å². The quantitative estimate of drug-likeness (QED) is 0.543. The third-order valence-corrected chi connectivity index (χ3v) is 5.37. The standard InChI is InChI=1S/C26H28N2O3/c1-28(25(29)21-11-6-3-7-12-21)18-23-17-22(19-9-4-2-5-10-19)16-15-20(23)13-8-14-24(27)26(30)31/h2-7,9-12,15-17,24H,8,13-14,18,27H2,1H3,(H,30,31)/t24-/m0/s1. The number of hydrogen-bond donors (Lipinski definition) is 2. The first-order chi connectivity index (χ1) is 15.0. The van der Waals surface area contributed by atoms with Crippen LogP contribution in [0, 0.1) is 0 Å². The van der Waals surface area contributed by atoms with Gasteiger partial charge in [-0.2, -0.15) is 0 Å². The number of carboxylic acid groups (broad SMARTS) is 1. The molecule has 5 nitrogen and oxygen atoms in total. The Hall–Kier alpha value is -3.44. The molecule has 1 amide bonds. The van der Waals surface area contributed by atoms with E-state index in [-0.39, 0.29) is 5.91 Å². The van der Waals surface area contributed by atoms with Crippen molar-refractivity contribution in [3.8, 4) is 11.1 Å². The minimum atomic E-state index is -0.979. The zero-order valence-corrected chi connectivity index (χ0v) is 17.7. The molecule has 3 N–H and O–H groups in total. The summed E-state index contributed by atoms with van der Waals surface area (Å²) in [5, 5.41) is 9.02. The summed E-state index contributed by atoms with van der Waals surface area (Å²) in [6.07, 6.45) is 1.79. The number of amides is 1. The molecular weight excluding hydrogens is 388 g/mol. The number of benzene rings is 3. The highest BCUT2D eigenvalue weighted by atomic mass is 16.4. The van der Waals surface area contributed by atoms with E-state index in [9.17, 15) is 9.59 Å². The van der Waals surface area contributed by atoms with Crippen molar-refractivity contribution >= 4 is 11.9 Å². The van der Waals surface area contributed by atoms with Crippen LogP contribution in [-0.2, 0) is 17.8 Å². The molecule has 0 saturated carbocycles. The van der Waals surface area contributed by atoms with Gasteiger partial charge in [-0.05, 0) is 59.7 Å². The number of carboxylic acids is 1. The van der Waals surface area contributed by atoms with E-state index in [1.807, 2.05) is 48.5 Å². The molecule has 0 saturated heterocycles. The van der Waals surface area contributed by atoms with E-state index in [0.717, 1.165) is 22.3 Å². The minimum absolute atomic E-state index is 0.0374. The van der Waals surface area contributed by atoms with Crippen LogP contribution < -0.4 is 5.73 Å². The van der Waals surface area contributed by atoms with Crippen LogP contribution in [0.4, 0.5) is 0 Å². The Kier molecular flexibility index (Phi) is 7.57. The fourth-order valence-electron chi connectivity index (χ4n) is 3.59. The summed E-state index contributed by atoms with van der Waals surface area (Å²) in [7, 11) is 1.80. The van der Waals surface area contributed by atoms with Crippen molar-refractivity contribution in [3.63, 3.8) is 0 Å². The number of hydrogen-bond acceptors (Lipinski definition) is 3. The molecule has 5 heteroatoms. The molecule has 3 aromatic carbocycles. The van der Waals surface area contributed by atoms with Crippen molar-refractivity contribution < 1.29 is 14.7 Å². The predicted molar refractivity (Wildman–Crippen MR) is 123 cm³/mol. The summed E-state index contributed by atoms with van der Waals surface area (Å²) in [6.45, 7) is 0.467. The second-order valence-corrected chi connectivity index (χ2v) is 7.71. The average molecular weight is 417 g/mol. The second kappa shape index (κ2) is 10.5. The largest absolute Gasteiger partial charge is 0.480 e. The molecule has 0 heterocycles. The molecule has 160 valence electrons. The third-order valence-electron chi connectivity index (χ3n) is 5.37. The van der Waals surface area contributed by atoms with E-state index in [1.165, 1.54) is 0 Å². The van der Waals surface area contributed by atoms with E-state index < -0.39 is 12.0 Å². The Morgan fingerprint density at radius 3 is 2.19 bits per heavy atom. The Bertz CT molecular complexity index is 1020. The summed E-state index contributed by atoms with van der Waals surface area (Å²) >= 11 is 0. The van der Waals surface area contributed by atoms with Crippen LogP contribution in [0.2, 0.25) is 0 Å². The summed E-state index contributed by atoms with van der Waals surface area (Å²) < 4.78 is 0. The van der Waals surface area contributed by atoms with Crippen LogP contribution in [0.3, 0.4) is 0 Å². The van der Waals surface area contributed by atoms with E-state index in [1.54, 1.807) is 11.9 Å². The first-order valence-electron chi connectivity index (χ1n) is 10.4. The van der Waals surface area contributed by atoms with Gasteiger partial charge in [0, 0.05) is 19.2 Å². The summed E-state index contributed by atoms with van der Waals surface area (Å²) in [5.74, 6) is -1.02. The van der Waals surface area contributed by atoms with Crippen LogP contribution in [0.5, 0.6) is 0 Å². The Morgan fingerprint density at radius 2 is 1.55 bits per heavy atom. The van der Waals surface area contributed by atoms with Gasteiger partial charge in [0.05, 0.1) is 0 Å². The zero-order valence-electron chi connectivity index (χ0n) is 17.7. The number of aryl methyl sites for hydroxylation is 1. The fraction of sp³-hybridized carbons (Fsp3) is 0.231. The normalized spacial score (nSPS) is 11.7. The SMILES string of the molecule is CN(Cc1cc(-c2ccccc2)ccc1CCC[C@H](N)C(=O)O)C(=O)c1ccccc1. The third kappa shape index (κ3) is 6.03. The smallest absolute Gasteiger partial charge is 0.320 e. The summed E-state index contributed by atoms with van der Waals surface area (Å²) in [5.41, 5.74) is 10.7. The minimum Gasteiger partial charge on any atom is -0.480 e. The van der Waals surface area contributed by atoms with Gasteiger partial charge >= 0.3 is 5.97 Å². The van der Waals surface area contributed by atoms with Gasteiger partial charge in [-0.25, -0.2) is 0 Å². The van der Waals surface area contributed by atoms with Crippen molar-refractivity contribution in [1.29, 1.82) is 0 Å². The molecule has 0 bridgehead atoms. The maximum Gasteiger partial charge on any atom is 0.320 e. The lowest BCUT2D eigenvalue weighted by atomic mass is 9.95. The zero-order chi connectivity index (χ0) is 22.2. The highest BCUT2D eigenvalue weighted by Crippen LogP contribution is 2.25. The summed E-state index contributed by atoms with van der Waals surface area (Å²) in [6, 6.07) is 24.7. The highest BCUT2D eigenvalue weighted by Gasteiger charge is 2.16. The van der Waals surface area contributed by atoms with Gasteiger partial charge in [0.2, 0.25) is 0 Å². The van der Waals surface area contributed by atoms with Gasteiger partial charge in [-0.15, -0.1) is 0 Å². The molecule has 0 aliphatic heterocycles. The number of carbonyl (C=O) groups is 2. The Balaban J connectivity index is 1.83. The van der Waals surface area contributed by atoms with Gasteiger partial charge in [0.15, 0.2) is 0 Å². The topological polar surface area (TPSA) is 83.6 Å². The molecule has 31 heavy (non-hydrogen) atoms. The number of aliphatic carboxylic acids is 1. The van der Waals surface area contributed by atoms with Crippen molar-refractivity contribution in [2.45, 2.75) is 31.8 Å². The molecular formula is C26H28N2O3. The maximum absolute atomic E-state index is 12.8. The van der Waals surface area contributed by atoms with Crippen molar-refractivity contribution in [3.05, 3.63) is 95.6 Å². The number of rotatable bonds is 9. The number of carbonyl (C=O) groups excluding carboxylic acids is 1. The first-order valence-corrected chi connectivity index (χ1v) is 10.4. The van der Waals surface area contributed by atoms with E-state index in [2.05, 4.69) is 30.3 Å². The monoisotopic (exact) mass is 416 g/mol. The van der Waals surface area contributed by atoms with Gasteiger partial charge < -0.3 is 15.7 Å². The maximum atomic E-state index is 12.8. The van der Waals surface area contributed by atoms with Gasteiger partial charge in [0.25, 0.3) is 5.91 Å². The molecule has 0 aliphatic carbocycles. The van der Waals surface area contributed by atoms with Crippen molar-refractivity contribution in [2.24, 2.45) is 5.73 Å². The molecule has 0 spiro atoms. The Labute approximate surface area is 183 Å². The average Bonchev–Trinajstić information content (AvgIpc) is 2.80. The summed E-state index contributed by atoms with van der Waals surface area (Å²) in [4.78, 5) is 25.5. The van der Waals surface area contributed by atoms with Gasteiger partial charge in [-0.1, -0.05) is 60.7 Å². The van der Waals surface area contributed by atoms with Crippen molar-refractivity contribution in [1.82, 2.24) is 4.90 Å². The van der Waals surface area contributed by atoms with E-state index in [0.29, 0.717) is 31.4 Å². The van der Waals surface area contributed by atoms with Crippen LogP contribution in [0.25, 0.3) is 11.1 Å². The lowest BCUT2D eigenvalue weighted by Gasteiger charge is -2.21.